The summed E-state index contributed by atoms with van der Waals surface area (Å²) < 4.78 is 5.86. The number of carbonyl (C=O) groups is 1. The summed E-state index contributed by atoms with van der Waals surface area (Å²) in [5.41, 5.74) is 1.84. The molecule has 0 aliphatic carbocycles. The third-order valence-corrected chi connectivity index (χ3v) is 4.78. The first-order chi connectivity index (χ1) is 12.3. The number of benzene rings is 3. The maximum atomic E-state index is 12.7. The highest BCUT2D eigenvalue weighted by Gasteiger charge is 2.24. The summed E-state index contributed by atoms with van der Waals surface area (Å²) in [6, 6.07) is 24.0. The van der Waals surface area contributed by atoms with E-state index in [0.717, 1.165) is 36.7 Å². The topological polar surface area (TPSA) is 29.5 Å². The number of ether oxygens (including phenoxy) is 1. The zero-order valence-corrected chi connectivity index (χ0v) is 15.3. The number of piperidine rings is 1. The standard InChI is InChI=1S/C22H21NO2.ClH/c24-22(21-14-6-9-17-8-4-5-13-20(17)21)25-19-12-7-15-23(16-19)18-10-2-1-3-11-18;/h1-6,8-11,13-14,19H,7,12,15-16H2;1H. The van der Waals surface area contributed by atoms with Crippen molar-refractivity contribution in [2.24, 2.45) is 0 Å². The van der Waals surface area contributed by atoms with Gasteiger partial charge in [0.25, 0.3) is 0 Å². The number of nitrogens with zero attached hydrogens (tertiary/aromatic N) is 1. The van der Waals surface area contributed by atoms with E-state index in [0.29, 0.717) is 5.56 Å². The first kappa shape index (κ1) is 18.3. The molecule has 0 saturated carbocycles. The lowest BCUT2D eigenvalue weighted by Crippen LogP contribution is -2.40. The Morgan fingerprint density at radius 1 is 0.923 bits per heavy atom. The smallest absolute Gasteiger partial charge is 0.339 e. The van der Waals surface area contributed by atoms with Crippen molar-refractivity contribution in [3.05, 3.63) is 78.4 Å². The molecule has 0 aromatic heterocycles. The van der Waals surface area contributed by atoms with Gasteiger partial charge in [0.2, 0.25) is 0 Å². The van der Waals surface area contributed by atoms with Gasteiger partial charge in [-0.15, -0.1) is 12.4 Å². The SMILES string of the molecule is Cl.O=C(OC1CCCN(c2ccccc2)C1)c1cccc2ccccc12. The van der Waals surface area contributed by atoms with Crippen LogP contribution in [-0.2, 0) is 4.74 Å². The molecule has 0 bridgehead atoms. The highest BCUT2D eigenvalue weighted by molar-refractivity contribution is 6.04. The number of esters is 1. The average Bonchev–Trinajstić information content (AvgIpc) is 2.68. The molecule has 0 spiro atoms. The van der Waals surface area contributed by atoms with Gasteiger partial charge < -0.3 is 9.64 Å². The van der Waals surface area contributed by atoms with Crippen molar-refractivity contribution in [2.45, 2.75) is 18.9 Å². The molecule has 0 N–H and O–H groups in total. The fourth-order valence-electron chi connectivity index (χ4n) is 3.53. The number of carbonyl (C=O) groups excluding carboxylic acids is 1. The Bertz CT molecular complexity index is 876. The molecule has 26 heavy (non-hydrogen) atoms. The van der Waals surface area contributed by atoms with Crippen LogP contribution in [-0.4, -0.2) is 25.2 Å². The van der Waals surface area contributed by atoms with E-state index in [1.165, 1.54) is 5.69 Å². The zero-order valence-electron chi connectivity index (χ0n) is 14.5. The molecule has 0 radical (unpaired) electrons. The average molecular weight is 368 g/mol. The van der Waals surface area contributed by atoms with Gasteiger partial charge in [-0.05, 0) is 41.8 Å². The van der Waals surface area contributed by atoms with Gasteiger partial charge in [0.1, 0.15) is 6.10 Å². The minimum absolute atomic E-state index is 0. The van der Waals surface area contributed by atoms with E-state index in [9.17, 15) is 4.79 Å². The molecule has 1 atom stereocenters. The van der Waals surface area contributed by atoms with Gasteiger partial charge in [-0.2, -0.15) is 0 Å². The Labute approximate surface area is 160 Å². The summed E-state index contributed by atoms with van der Waals surface area (Å²) in [5.74, 6) is -0.225. The van der Waals surface area contributed by atoms with Gasteiger partial charge in [-0.3, -0.25) is 0 Å². The number of hydrogen-bond acceptors (Lipinski definition) is 3. The van der Waals surface area contributed by atoms with E-state index < -0.39 is 0 Å². The Kier molecular flexibility index (Phi) is 5.79. The summed E-state index contributed by atoms with van der Waals surface area (Å²) in [6.07, 6.45) is 1.88. The second-order valence-corrected chi connectivity index (χ2v) is 6.48. The Morgan fingerprint density at radius 2 is 1.65 bits per heavy atom. The summed E-state index contributed by atoms with van der Waals surface area (Å²) in [7, 11) is 0. The van der Waals surface area contributed by atoms with Crippen LogP contribution in [0, 0.1) is 0 Å². The van der Waals surface area contributed by atoms with Crippen LogP contribution in [0.4, 0.5) is 5.69 Å². The molecule has 1 aliphatic heterocycles. The van der Waals surface area contributed by atoms with Crippen molar-refractivity contribution in [1.82, 2.24) is 0 Å². The minimum Gasteiger partial charge on any atom is -0.457 e. The predicted molar refractivity (Wildman–Crippen MR) is 108 cm³/mol. The molecule has 1 heterocycles. The fourth-order valence-corrected chi connectivity index (χ4v) is 3.53. The molecule has 3 aromatic rings. The zero-order chi connectivity index (χ0) is 17.1. The highest BCUT2D eigenvalue weighted by Crippen LogP contribution is 2.24. The molecule has 1 aliphatic rings. The van der Waals surface area contributed by atoms with Crippen molar-refractivity contribution in [1.29, 1.82) is 0 Å². The van der Waals surface area contributed by atoms with Crippen molar-refractivity contribution in [3.8, 4) is 0 Å². The van der Waals surface area contributed by atoms with Crippen LogP contribution < -0.4 is 4.90 Å². The number of rotatable bonds is 3. The van der Waals surface area contributed by atoms with E-state index >= 15 is 0 Å². The summed E-state index contributed by atoms with van der Waals surface area (Å²) in [4.78, 5) is 15.0. The van der Waals surface area contributed by atoms with Crippen molar-refractivity contribution in [2.75, 3.05) is 18.0 Å². The number of para-hydroxylation sites is 1. The monoisotopic (exact) mass is 367 g/mol. The van der Waals surface area contributed by atoms with Crippen LogP contribution in [0.5, 0.6) is 0 Å². The fraction of sp³-hybridized carbons (Fsp3) is 0.227. The normalized spacial score (nSPS) is 16.8. The van der Waals surface area contributed by atoms with E-state index in [4.69, 9.17) is 4.74 Å². The third kappa shape index (κ3) is 3.83. The van der Waals surface area contributed by atoms with Crippen LogP contribution in [0.2, 0.25) is 0 Å². The van der Waals surface area contributed by atoms with Crippen LogP contribution in [0.15, 0.2) is 72.8 Å². The summed E-state index contributed by atoms with van der Waals surface area (Å²) >= 11 is 0. The first-order valence-corrected chi connectivity index (χ1v) is 8.80. The molecule has 3 nitrogen and oxygen atoms in total. The van der Waals surface area contributed by atoms with Crippen molar-refractivity contribution >= 4 is 34.8 Å². The molecule has 4 rings (SSSR count). The summed E-state index contributed by atoms with van der Waals surface area (Å²) in [5, 5.41) is 2.01. The molecule has 1 unspecified atom stereocenters. The molecular weight excluding hydrogens is 346 g/mol. The van der Waals surface area contributed by atoms with Crippen LogP contribution in [0.1, 0.15) is 23.2 Å². The number of fused-ring (bicyclic) bond motifs is 1. The van der Waals surface area contributed by atoms with Gasteiger partial charge in [-0.1, -0.05) is 54.6 Å². The predicted octanol–water partition coefficient (Wildman–Crippen LogP) is 5.09. The molecule has 1 fully saturated rings. The first-order valence-electron chi connectivity index (χ1n) is 8.80. The second kappa shape index (κ2) is 8.24. The largest absolute Gasteiger partial charge is 0.457 e. The molecule has 0 amide bonds. The van der Waals surface area contributed by atoms with Crippen LogP contribution >= 0.6 is 12.4 Å². The van der Waals surface area contributed by atoms with Crippen molar-refractivity contribution in [3.63, 3.8) is 0 Å². The summed E-state index contributed by atoms with van der Waals surface area (Å²) in [6.45, 7) is 1.76. The molecular formula is C22H22ClNO2. The molecule has 3 aromatic carbocycles. The van der Waals surface area contributed by atoms with Gasteiger partial charge in [0.15, 0.2) is 0 Å². The minimum atomic E-state index is -0.225. The van der Waals surface area contributed by atoms with Gasteiger partial charge in [-0.25, -0.2) is 4.79 Å². The maximum Gasteiger partial charge on any atom is 0.339 e. The Hall–Kier alpha value is -2.52. The number of hydrogen-bond donors (Lipinski definition) is 0. The Morgan fingerprint density at radius 3 is 2.50 bits per heavy atom. The van der Waals surface area contributed by atoms with Crippen LogP contribution in [0.25, 0.3) is 10.8 Å². The lowest BCUT2D eigenvalue weighted by Gasteiger charge is -2.34. The van der Waals surface area contributed by atoms with Crippen molar-refractivity contribution < 1.29 is 9.53 Å². The number of anilines is 1. The molecule has 1 saturated heterocycles. The van der Waals surface area contributed by atoms with Gasteiger partial charge in [0.05, 0.1) is 12.1 Å². The molecule has 4 heteroatoms. The van der Waals surface area contributed by atoms with E-state index in [1.54, 1.807) is 0 Å². The second-order valence-electron chi connectivity index (χ2n) is 6.48. The van der Waals surface area contributed by atoms with Gasteiger partial charge >= 0.3 is 5.97 Å². The Balaban J connectivity index is 0.00000196. The van der Waals surface area contributed by atoms with E-state index in [2.05, 4.69) is 17.0 Å². The quantitative estimate of drug-likeness (QED) is 0.604. The third-order valence-electron chi connectivity index (χ3n) is 4.78. The highest BCUT2D eigenvalue weighted by atomic mass is 35.5. The van der Waals surface area contributed by atoms with Crippen LogP contribution in [0.3, 0.4) is 0 Å². The lowest BCUT2D eigenvalue weighted by atomic mass is 10.0. The van der Waals surface area contributed by atoms with E-state index in [1.807, 2.05) is 60.7 Å². The van der Waals surface area contributed by atoms with E-state index in [-0.39, 0.29) is 24.5 Å². The van der Waals surface area contributed by atoms with Gasteiger partial charge in [0, 0.05) is 12.2 Å². The maximum absolute atomic E-state index is 12.7. The number of halogens is 1. The lowest BCUT2D eigenvalue weighted by molar-refractivity contribution is 0.0272. The molecule has 134 valence electrons.